The van der Waals surface area contributed by atoms with Crippen LogP contribution in [0.1, 0.15) is 23.4 Å². The van der Waals surface area contributed by atoms with Gasteiger partial charge in [0, 0.05) is 22.4 Å². The van der Waals surface area contributed by atoms with Crippen molar-refractivity contribution in [3.63, 3.8) is 0 Å². The van der Waals surface area contributed by atoms with Crippen LogP contribution < -0.4 is 5.32 Å². The fourth-order valence-corrected chi connectivity index (χ4v) is 3.57. The Morgan fingerprint density at radius 3 is 2.50 bits per heavy atom. The molecule has 0 bridgehead atoms. The van der Waals surface area contributed by atoms with Crippen LogP contribution >= 0.6 is 38.9 Å². The Balaban J connectivity index is 2.14. The van der Waals surface area contributed by atoms with Crippen molar-refractivity contribution < 1.29 is 0 Å². The van der Waals surface area contributed by atoms with Crippen LogP contribution in [0.4, 0.5) is 0 Å². The summed E-state index contributed by atoms with van der Waals surface area (Å²) >= 11 is 11.2. The van der Waals surface area contributed by atoms with Gasteiger partial charge in [-0.15, -0.1) is 11.3 Å². The number of thiophene rings is 1. The molecule has 0 saturated heterocycles. The number of nitrogens with one attached hydrogen (secondary N) is 1. The second-order valence-corrected chi connectivity index (χ2v) is 7.06. The molecule has 0 amide bonds. The molecule has 1 N–H and O–H groups in total. The molecule has 0 spiro atoms. The molecule has 0 radical (unpaired) electrons. The molecule has 18 heavy (non-hydrogen) atoms. The highest BCUT2D eigenvalue weighted by molar-refractivity contribution is 9.11. The molecule has 0 aliphatic heterocycles. The first kappa shape index (κ1) is 14.1. The van der Waals surface area contributed by atoms with Crippen molar-refractivity contribution in [2.75, 3.05) is 6.54 Å². The van der Waals surface area contributed by atoms with Gasteiger partial charge in [-0.3, -0.25) is 0 Å². The minimum absolute atomic E-state index is 0.345. The van der Waals surface area contributed by atoms with Crippen LogP contribution in [0.15, 0.2) is 40.2 Å². The van der Waals surface area contributed by atoms with E-state index in [2.05, 4.69) is 52.4 Å². The largest absolute Gasteiger partial charge is 0.310 e. The summed E-state index contributed by atoms with van der Waals surface area (Å²) in [4.78, 5) is 1.38. The first-order valence-electron chi connectivity index (χ1n) is 5.92. The van der Waals surface area contributed by atoms with Crippen LogP contribution in [-0.2, 0) is 6.42 Å². The third-order valence-electron chi connectivity index (χ3n) is 2.76. The number of hydrogen-bond donors (Lipinski definition) is 1. The van der Waals surface area contributed by atoms with Gasteiger partial charge >= 0.3 is 0 Å². The number of hydrogen-bond acceptors (Lipinski definition) is 2. The van der Waals surface area contributed by atoms with Gasteiger partial charge in [0.1, 0.15) is 0 Å². The third kappa shape index (κ3) is 3.82. The molecular weight excluding hydrogens is 330 g/mol. The average molecular weight is 345 g/mol. The predicted octanol–water partition coefficient (Wildman–Crippen LogP) is 5.06. The maximum Gasteiger partial charge on any atom is 0.0701 e. The molecule has 2 aromatic rings. The second-order valence-electron chi connectivity index (χ2n) is 4.07. The number of rotatable bonds is 5. The zero-order valence-electron chi connectivity index (χ0n) is 10.1. The molecule has 1 aromatic carbocycles. The standard InChI is InChI=1S/C14H15BrClNS/c1-2-17-13(9-12-7-8-14(15)18-12)10-3-5-11(16)6-4-10/h3-8,13,17H,2,9H2,1H3. The Labute approximate surface area is 125 Å². The van der Waals surface area contributed by atoms with E-state index in [1.807, 2.05) is 12.1 Å². The van der Waals surface area contributed by atoms with Crippen molar-refractivity contribution in [3.8, 4) is 0 Å². The lowest BCUT2D eigenvalue weighted by atomic mass is 10.0. The van der Waals surface area contributed by atoms with Crippen LogP contribution in [-0.4, -0.2) is 6.54 Å². The summed E-state index contributed by atoms with van der Waals surface area (Å²) in [5, 5.41) is 4.31. The predicted molar refractivity (Wildman–Crippen MR) is 83.6 cm³/mol. The van der Waals surface area contributed by atoms with Crippen molar-refractivity contribution in [3.05, 3.63) is 55.6 Å². The molecule has 1 heterocycles. The van der Waals surface area contributed by atoms with E-state index in [0.717, 1.165) is 18.0 Å². The van der Waals surface area contributed by atoms with E-state index in [4.69, 9.17) is 11.6 Å². The molecule has 0 saturated carbocycles. The maximum atomic E-state index is 5.93. The van der Waals surface area contributed by atoms with Crippen LogP contribution in [0.2, 0.25) is 5.02 Å². The fourth-order valence-electron chi connectivity index (χ4n) is 1.91. The van der Waals surface area contributed by atoms with E-state index in [1.54, 1.807) is 11.3 Å². The smallest absolute Gasteiger partial charge is 0.0701 e. The van der Waals surface area contributed by atoms with Gasteiger partial charge in [-0.25, -0.2) is 0 Å². The Morgan fingerprint density at radius 1 is 1.22 bits per heavy atom. The first-order chi connectivity index (χ1) is 8.69. The quantitative estimate of drug-likeness (QED) is 0.799. The highest BCUT2D eigenvalue weighted by Gasteiger charge is 2.12. The van der Waals surface area contributed by atoms with Crippen molar-refractivity contribution in [2.45, 2.75) is 19.4 Å². The van der Waals surface area contributed by atoms with E-state index in [-0.39, 0.29) is 0 Å². The van der Waals surface area contributed by atoms with Crippen LogP contribution in [0.25, 0.3) is 0 Å². The topological polar surface area (TPSA) is 12.0 Å². The van der Waals surface area contributed by atoms with Crippen LogP contribution in [0.3, 0.4) is 0 Å². The summed E-state index contributed by atoms with van der Waals surface area (Å²) in [6, 6.07) is 12.7. The highest BCUT2D eigenvalue weighted by Crippen LogP contribution is 2.27. The fraction of sp³-hybridized carbons (Fsp3) is 0.286. The van der Waals surface area contributed by atoms with Crippen LogP contribution in [0.5, 0.6) is 0 Å². The minimum Gasteiger partial charge on any atom is -0.310 e. The summed E-state index contributed by atoms with van der Waals surface area (Å²) in [5.41, 5.74) is 1.28. The molecular formula is C14H15BrClNS. The number of benzene rings is 1. The molecule has 4 heteroatoms. The Bertz CT molecular complexity index is 495. The van der Waals surface area contributed by atoms with E-state index in [1.165, 1.54) is 14.2 Å². The molecule has 2 rings (SSSR count). The Morgan fingerprint density at radius 2 is 1.94 bits per heavy atom. The number of halogens is 2. The second kappa shape index (κ2) is 6.71. The summed E-state index contributed by atoms with van der Waals surface area (Å²) in [6.45, 7) is 3.09. The van der Waals surface area contributed by atoms with Crippen molar-refractivity contribution >= 4 is 38.9 Å². The Kier molecular flexibility index (Phi) is 5.25. The molecule has 0 aliphatic carbocycles. The van der Waals surface area contributed by atoms with E-state index >= 15 is 0 Å². The van der Waals surface area contributed by atoms with E-state index in [0.29, 0.717) is 6.04 Å². The Hall–Kier alpha value is -0.350. The van der Waals surface area contributed by atoms with Gasteiger partial charge in [0.15, 0.2) is 0 Å². The van der Waals surface area contributed by atoms with Crippen molar-refractivity contribution in [2.24, 2.45) is 0 Å². The van der Waals surface area contributed by atoms with Crippen molar-refractivity contribution in [1.29, 1.82) is 0 Å². The molecule has 0 fully saturated rings. The van der Waals surface area contributed by atoms with Gasteiger partial charge in [-0.1, -0.05) is 30.7 Å². The zero-order chi connectivity index (χ0) is 13.0. The molecule has 1 atom stereocenters. The van der Waals surface area contributed by atoms with Gasteiger partial charge in [0.25, 0.3) is 0 Å². The van der Waals surface area contributed by atoms with Gasteiger partial charge < -0.3 is 5.32 Å². The zero-order valence-corrected chi connectivity index (χ0v) is 13.3. The number of likely N-dealkylation sites (N-methyl/N-ethyl adjacent to an activating group) is 1. The SMILES string of the molecule is CCNC(Cc1ccc(Br)s1)c1ccc(Cl)cc1. The van der Waals surface area contributed by atoms with Gasteiger partial charge in [0.2, 0.25) is 0 Å². The van der Waals surface area contributed by atoms with Gasteiger partial charge in [0.05, 0.1) is 3.79 Å². The van der Waals surface area contributed by atoms with Gasteiger partial charge in [-0.2, -0.15) is 0 Å². The van der Waals surface area contributed by atoms with Gasteiger partial charge in [-0.05, 0) is 52.3 Å². The third-order valence-corrected chi connectivity index (χ3v) is 4.66. The van der Waals surface area contributed by atoms with E-state index in [9.17, 15) is 0 Å². The van der Waals surface area contributed by atoms with E-state index < -0.39 is 0 Å². The van der Waals surface area contributed by atoms with Crippen molar-refractivity contribution in [1.82, 2.24) is 5.32 Å². The molecule has 96 valence electrons. The molecule has 1 aromatic heterocycles. The lowest BCUT2D eigenvalue weighted by Gasteiger charge is -2.17. The lowest BCUT2D eigenvalue weighted by molar-refractivity contribution is 0.553. The highest BCUT2D eigenvalue weighted by atomic mass is 79.9. The summed E-state index contributed by atoms with van der Waals surface area (Å²) in [7, 11) is 0. The monoisotopic (exact) mass is 343 g/mol. The molecule has 1 nitrogen and oxygen atoms in total. The maximum absolute atomic E-state index is 5.93. The minimum atomic E-state index is 0.345. The summed E-state index contributed by atoms with van der Waals surface area (Å²) in [6.07, 6.45) is 1.01. The van der Waals surface area contributed by atoms with Crippen LogP contribution in [0, 0.1) is 0 Å². The molecule has 0 aliphatic rings. The lowest BCUT2D eigenvalue weighted by Crippen LogP contribution is -2.22. The summed E-state index contributed by atoms with van der Waals surface area (Å²) in [5.74, 6) is 0. The first-order valence-corrected chi connectivity index (χ1v) is 7.91. The molecule has 1 unspecified atom stereocenters. The normalized spacial score (nSPS) is 12.6. The average Bonchev–Trinajstić information content (AvgIpc) is 2.75. The summed E-state index contributed by atoms with van der Waals surface area (Å²) < 4.78 is 1.18.